The van der Waals surface area contributed by atoms with Gasteiger partial charge in [-0.15, -0.1) is 0 Å². The highest BCUT2D eigenvalue weighted by Crippen LogP contribution is 2.39. The number of ether oxygens (including phenoxy) is 1. The Morgan fingerprint density at radius 1 is 1.00 bits per heavy atom. The predicted octanol–water partition coefficient (Wildman–Crippen LogP) is 3.49. The molecule has 0 unspecified atom stereocenters. The fourth-order valence-electron chi connectivity index (χ4n) is 3.45. The first kappa shape index (κ1) is 21.8. The van der Waals surface area contributed by atoms with Gasteiger partial charge in [0.2, 0.25) is 10.0 Å². The molecule has 0 radical (unpaired) electrons. The van der Waals surface area contributed by atoms with E-state index in [4.69, 9.17) is 4.74 Å². The van der Waals surface area contributed by atoms with Crippen LogP contribution in [0, 0.1) is 0 Å². The van der Waals surface area contributed by atoms with E-state index >= 15 is 0 Å². The number of rotatable bonds is 5. The number of H-pyrrole nitrogens is 1. The van der Waals surface area contributed by atoms with Crippen LogP contribution < -0.4 is 20.7 Å². The molecule has 164 valence electrons. The summed E-state index contributed by atoms with van der Waals surface area (Å²) < 4.78 is 33.0. The number of methoxy groups -OCH3 is 1. The first-order valence-electron chi connectivity index (χ1n) is 9.36. The zero-order valence-electron chi connectivity index (χ0n) is 17.0. The van der Waals surface area contributed by atoms with Gasteiger partial charge >= 0.3 is 5.69 Å². The largest absolute Gasteiger partial charge is 0.495 e. The minimum absolute atomic E-state index is 0.474. The third-order valence-electron chi connectivity index (χ3n) is 4.79. The minimum atomic E-state index is -3.37. The Labute approximate surface area is 191 Å². The van der Waals surface area contributed by atoms with E-state index in [1.807, 2.05) is 24.3 Å². The van der Waals surface area contributed by atoms with Crippen molar-refractivity contribution in [2.75, 3.05) is 18.1 Å². The predicted molar refractivity (Wildman–Crippen MR) is 128 cm³/mol. The van der Waals surface area contributed by atoms with Crippen LogP contribution in [-0.2, 0) is 10.0 Å². The maximum Gasteiger partial charge on any atom is 0.332 e. The van der Waals surface area contributed by atoms with Crippen LogP contribution in [0.3, 0.4) is 0 Å². The summed E-state index contributed by atoms with van der Waals surface area (Å²) in [6.45, 7) is 0. The van der Waals surface area contributed by atoms with Crippen molar-refractivity contribution in [1.29, 1.82) is 0 Å². The smallest absolute Gasteiger partial charge is 0.332 e. The van der Waals surface area contributed by atoms with Crippen LogP contribution >= 0.6 is 15.9 Å². The number of sulfonamides is 1. The molecule has 0 fully saturated rings. The number of anilines is 1. The van der Waals surface area contributed by atoms with Crippen LogP contribution in [0.2, 0.25) is 0 Å². The Morgan fingerprint density at radius 2 is 1.72 bits per heavy atom. The number of hydrogen-bond acceptors (Lipinski definition) is 5. The van der Waals surface area contributed by atoms with Crippen molar-refractivity contribution in [3.8, 4) is 22.6 Å². The Bertz CT molecular complexity index is 1580. The molecular weight excluding hydrogens is 498 g/mol. The Kier molecular flexibility index (Phi) is 5.66. The summed E-state index contributed by atoms with van der Waals surface area (Å²) in [6.07, 6.45) is 2.51. The quantitative estimate of drug-likeness (QED) is 0.422. The van der Waals surface area contributed by atoms with Crippen molar-refractivity contribution < 1.29 is 13.2 Å². The van der Waals surface area contributed by atoms with E-state index < -0.39 is 21.3 Å². The normalized spacial score (nSPS) is 11.5. The maximum absolute atomic E-state index is 12.3. The van der Waals surface area contributed by atoms with Crippen molar-refractivity contribution >= 4 is 42.4 Å². The molecular formula is C22H18BrN3O5S. The topological polar surface area (TPSA) is 110 Å². The molecule has 2 N–H and O–H groups in total. The van der Waals surface area contributed by atoms with E-state index in [2.05, 4.69) is 25.6 Å². The van der Waals surface area contributed by atoms with Gasteiger partial charge < -0.3 is 4.74 Å². The second kappa shape index (κ2) is 8.29. The number of halogens is 1. The highest BCUT2D eigenvalue weighted by atomic mass is 79.9. The molecule has 4 aromatic rings. The number of hydrogen-bond donors (Lipinski definition) is 2. The average Bonchev–Trinajstić information content (AvgIpc) is 2.71. The highest BCUT2D eigenvalue weighted by molar-refractivity contribution is 9.10. The van der Waals surface area contributed by atoms with Gasteiger partial charge in [0.05, 0.1) is 23.5 Å². The third kappa shape index (κ3) is 4.46. The summed E-state index contributed by atoms with van der Waals surface area (Å²) in [7, 11) is -1.81. The van der Waals surface area contributed by atoms with Crippen LogP contribution in [0.15, 0.2) is 74.9 Å². The van der Waals surface area contributed by atoms with E-state index in [0.29, 0.717) is 21.6 Å². The summed E-state index contributed by atoms with van der Waals surface area (Å²) >= 11 is 3.50. The highest BCUT2D eigenvalue weighted by Gasteiger charge is 2.14. The molecule has 0 bridgehead atoms. The first-order chi connectivity index (χ1) is 15.1. The standard InChI is InChI=1S/C22H18BrN3O5S/c1-31-21-18(11-17(12-19(21)23)26-8-7-20(27)24-22(26)28)15-4-3-14-10-16(25-32(2,29)30)6-5-13(14)9-15/h3-12,25H,1-2H3,(H,24,27,28). The van der Waals surface area contributed by atoms with E-state index in [9.17, 15) is 18.0 Å². The molecule has 0 saturated heterocycles. The molecule has 0 spiro atoms. The van der Waals surface area contributed by atoms with Crippen LogP contribution in [-0.4, -0.2) is 31.3 Å². The molecule has 0 aliphatic rings. The second-order valence-corrected chi connectivity index (χ2v) is 9.74. The van der Waals surface area contributed by atoms with E-state index in [1.54, 1.807) is 31.4 Å². The lowest BCUT2D eigenvalue weighted by Crippen LogP contribution is -2.27. The average molecular weight is 516 g/mol. The molecule has 0 amide bonds. The summed E-state index contributed by atoms with van der Waals surface area (Å²) in [5.41, 5.74) is 1.56. The van der Waals surface area contributed by atoms with Crippen LogP contribution in [0.5, 0.6) is 5.75 Å². The van der Waals surface area contributed by atoms with E-state index in [1.165, 1.54) is 16.8 Å². The van der Waals surface area contributed by atoms with E-state index in [-0.39, 0.29) is 0 Å². The third-order valence-corrected chi connectivity index (χ3v) is 5.98. The van der Waals surface area contributed by atoms with Gasteiger partial charge in [-0.1, -0.05) is 18.2 Å². The lowest BCUT2D eigenvalue weighted by atomic mass is 9.99. The molecule has 0 atom stereocenters. The Hall–Kier alpha value is -3.37. The number of fused-ring (bicyclic) bond motifs is 1. The van der Waals surface area contributed by atoms with Gasteiger partial charge in [0.1, 0.15) is 5.75 Å². The minimum Gasteiger partial charge on any atom is -0.495 e. The van der Waals surface area contributed by atoms with Gasteiger partial charge in [-0.3, -0.25) is 19.1 Å². The number of benzene rings is 3. The van der Waals surface area contributed by atoms with Crippen molar-refractivity contribution in [3.63, 3.8) is 0 Å². The van der Waals surface area contributed by atoms with Gasteiger partial charge in [0.15, 0.2) is 0 Å². The van der Waals surface area contributed by atoms with Crippen molar-refractivity contribution in [2.45, 2.75) is 0 Å². The molecule has 4 rings (SSSR count). The van der Waals surface area contributed by atoms with Gasteiger partial charge in [-0.05, 0) is 62.6 Å². The SMILES string of the molecule is COc1c(Br)cc(-n2ccc(=O)[nH]c2=O)cc1-c1ccc2cc(NS(C)(=O)=O)ccc2c1. The molecule has 0 aliphatic carbocycles. The van der Waals surface area contributed by atoms with Crippen LogP contribution in [0.1, 0.15) is 0 Å². The van der Waals surface area contributed by atoms with Crippen molar-refractivity contribution in [1.82, 2.24) is 9.55 Å². The van der Waals surface area contributed by atoms with Crippen LogP contribution in [0.4, 0.5) is 5.69 Å². The second-order valence-electron chi connectivity index (χ2n) is 7.14. The summed E-state index contributed by atoms with van der Waals surface area (Å²) in [5, 5.41) is 1.75. The lowest BCUT2D eigenvalue weighted by Gasteiger charge is -2.15. The maximum atomic E-state index is 12.3. The Balaban J connectivity index is 1.86. The Morgan fingerprint density at radius 3 is 2.41 bits per heavy atom. The molecule has 10 heteroatoms. The number of nitrogens with zero attached hydrogens (tertiary/aromatic N) is 1. The van der Waals surface area contributed by atoms with Gasteiger partial charge in [0, 0.05) is 23.5 Å². The molecule has 1 heterocycles. The molecule has 1 aromatic heterocycles. The fraction of sp³-hybridized carbons (Fsp3) is 0.0909. The summed E-state index contributed by atoms with van der Waals surface area (Å²) in [6, 6.07) is 15.8. The monoisotopic (exact) mass is 515 g/mol. The lowest BCUT2D eigenvalue weighted by molar-refractivity contribution is 0.414. The number of nitrogens with one attached hydrogen (secondary N) is 2. The zero-order valence-corrected chi connectivity index (χ0v) is 19.5. The molecule has 3 aromatic carbocycles. The molecule has 8 nitrogen and oxygen atoms in total. The first-order valence-corrected chi connectivity index (χ1v) is 12.0. The van der Waals surface area contributed by atoms with Gasteiger partial charge in [-0.25, -0.2) is 13.2 Å². The number of aromatic amines is 1. The van der Waals surface area contributed by atoms with Crippen molar-refractivity contribution in [3.05, 3.63) is 86.1 Å². The molecule has 0 saturated carbocycles. The molecule has 0 aliphatic heterocycles. The number of aromatic nitrogens is 2. The van der Waals surface area contributed by atoms with Gasteiger partial charge in [0.25, 0.3) is 5.56 Å². The van der Waals surface area contributed by atoms with Crippen molar-refractivity contribution in [2.24, 2.45) is 0 Å². The fourth-order valence-corrected chi connectivity index (χ4v) is 4.62. The van der Waals surface area contributed by atoms with Crippen LogP contribution in [0.25, 0.3) is 27.6 Å². The zero-order chi connectivity index (χ0) is 23.0. The summed E-state index contributed by atoms with van der Waals surface area (Å²) in [5.74, 6) is 0.584. The summed E-state index contributed by atoms with van der Waals surface area (Å²) in [4.78, 5) is 25.9. The van der Waals surface area contributed by atoms with E-state index in [0.717, 1.165) is 28.2 Å². The molecule has 32 heavy (non-hydrogen) atoms. The van der Waals surface area contributed by atoms with Gasteiger partial charge in [-0.2, -0.15) is 0 Å².